The summed E-state index contributed by atoms with van der Waals surface area (Å²) in [6.07, 6.45) is 4.11. The molecule has 2 heteroatoms. The molecule has 0 amide bonds. The van der Waals surface area contributed by atoms with Gasteiger partial charge in [-0.3, -0.25) is 0 Å². The SMILES string of the molecule is CC1(C)C(NCC2CCCC2CN)C1(C)C. The molecule has 3 N–H and O–H groups in total. The van der Waals surface area contributed by atoms with Crippen LogP contribution in [0.2, 0.25) is 0 Å². The van der Waals surface area contributed by atoms with Gasteiger partial charge in [-0.2, -0.15) is 0 Å². The standard InChI is InChI=1S/C14H28N2/c1-13(2)12(14(13,3)4)16-9-11-7-5-6-10(11)8-15/h10-12,16H,5-9,15H2,1-4H3. The van der Waals surface area contributed by atoms with Crippen LogP contribution in [-0.4, -0.2) is 19.1 Å². The lowest BCUT2D eigenvalue weighted by Gasteiger charge is -2.19. The molecule has 2 aliphatic rings. The normalized spacial score (nSPS) is 36.6. The van der Waals surface area contributed by atoms with Crippen LogP contribution < -0.4 is 11.1 Å². The third-order valence-electron chi connectivity index (χ3n) is 5.72. The monoisotopic (exact) mass is 224 g/mol. The van der Waals surface area contributed by atoms with E-state index in [1.165, 1.54) is 25.8 Å². The van der Waals surface area contributed by atoms with Gasteiger partial charge in [-0.15, -0.1) is 0 Å². The molecule has 2 rings (SSSR count). The zero-order chi connectivity index (χ0) is 12.0. The van der Waals surface area contributed by atoms with Crippen LogP contribution in [-0.2, 0) is 0 Å². The Balaban J connectivity index is 1.81. The van der Waals surface area contributed by atoms with Crippen molar-refractivity contribution < 1.29 is 0 Å². The summed E-state index contributed by atoms with van der Waals surface area (Å²) in [7, 11) is 0. The average Bonchev–Trinajstić information content (AvgIpc) is 2.59. The Kier molecular flexibility index (Phi) is 3.09. The molecule has 2 unspecified atom stereocenters. The van der Waals surface area contributed by atoms with Crippen molar-refractivity contribution >= 4 is 0 Å². The van der Waals surface area contributed by atoms with Crippen LogP contribution in [0.1, 0.15) is 47.0 Å². The first kappa shape index (κ1) is 12.4. The van der Waals surface area contributed by atoms with Gasteiger partial charge in [0.15, 0.2) is 0 Å². The summed E-state index contributed by atoms with van der Waals surface area (Å²) in [4.78, 5) is 0. The highest BCUT2D eigenvalue weighted by Gasteiger charge is 2.64. The summed E-state index contributed by atoms with van der Waals surface area (Å²) < 4.78 is 0. The van der Waals surface area contributed by atoms with Gasteiger partial charge in [-0.05, 0) is 48.6 Å². The van der Waals surface area contributed by atoms with Crippen molar-refractivity contribution in [2.24, 2.45) is 28.4 Å². The Morgan fingerprint density at radius 3 is 2.12 bits per heavy atom. The number of hydrogen-bond donors (Lipinski definition) is 2. The Bertz CT molecular complexity index is 243. The minimum atomic E-state index is 0.462. The first-order chi connectivity index (χ1) is 7.41. The Hall–Kier alpha value is -0.0800. The fourth-order valence-corrected chi connectivity index (χ4v) is 3.67. The topological polar surface area (TPSA) is 38.0 Å². The van der Waals surface area contributed by atoms with E-state index in [0.29, 0.717) is 16.9 Å². The van der Waals surface area contributed by atoms with Gasteiger partial charge >= 0.3 is 0 Å². The van der Waals surface area contributed by atoms with E-state index in [9.17, 15) is 0 Å². The molecule has 0 aromatic carbocycles. The Morgan fingerprint density at radius 1 is 1.06 bits per heavy atom. The molecule has 2 fully saturated rings. The molecule has 2 saturated carbocycles. The van der Waals surface area contributed by atoms with Crippen molar-refractivity contribution in [3.63, 3.8) is 0 Å². The van der Waals surface area contributed by atoms with E-state index in [0.717, 1.165) is 18.4 Å². The van der Waals surface area contributed by atoms with Gasteiger partial charge in [-0.25, -0.2) is 0 Å². The van der Waals surface area contributed by atoms with Crippen molar-refractivity contribution in [1.82, 2.24) is 5.32 Å². The largest absolute Gasteiger partial charge is 0.330 e. The zero-order valence-corrected chi connectivity index (χ0v) is 11.3. The molecular weight excluding hydrogens is 196 g/mol. The molecule has 0 aromatic rings. The van der Waals surface area contributed by atoms with E-state index in [1.807, 2.05) is 0 Å². The first-order valence-electron chi connectivity index (χ1n) is 6.84. The molecule has 16 heavy (non-hydrogen) atoms. The third kappa shape index (κ3) is 1.80. The van der Waals surface area contributed by atoms with Gasteiger partial charge in [0, 0.05) is 6.04 Å². The molecule has 0 bridgehead atoms. The second-order valence-electron chi connectivity index (χ2n) is 6.97. The number of rotatable bonds is 4. The van der Waals surface area contributed by atoms with E-state index in [1.54, 1.807) is 0 Å². The van der Waals surface area contributed by atoms with Gasteiger partial charge in [0.1, 0.15) is 0 Å². The van der Waals surface area contributed by atoms with Crippen LogP contribution in [0.5, 0.6) is 0 Å². The average molecular weight is 224 g/mol. The van der Waals surface area contributed by atoms with Crippen LogP contribution in [0, 0.1) is 22.7 Å². The molecule has 2 atom stereocenters. The van der Waals surface area contributed by atoms with Crippen LogP contribution in [0.4, 0.5) is 0 Å². The van der Waals surface area contributed by atoms with Crippen LogP contribution >= 0.6 is 0 Å². The lowest BCUT2D eigenvalue weighted by atomic mass is 9.96. The zero-order valence-electron chi connectivity index (χ0n) is 11.3. The van der Waals surface area contributed by atoms with Crippen LogP contribution in [0.25, 0.3) is 0 Å². The summed E-state index contributed by atoms with van der Waals surface area (Å²) in [6, 6.07) is 0.694. The summed E-state index contributed by atoms with van der Waals surface area (Å²) >= 11 is 0. The number of nitrogens with one attached hydrogen (secondary N) is 1. The summed E-state index contributed by atoms with van der Waals surface area (Å²) in [5.74, 6) is 1.61. The van der Waals surface area contributed by atoms with Gasteiger partial charge in [0.25, 0.3) is 0 Å². The first-order valence-corrected chi connectivity index (χ1v) is 6.84. The van der Waals surface area contributed by atoms with Gasteiger partial charge in [-0.1, -0.05) is 34.1 Å². The van der Waals surface area contributed by atoms with E-state index in [2.05, 4.69) is 33.0 Å². The maximum atomic E-state index is 5.83. The predicted molar refractivity (Wildman–Crippen MR) is 69.2 cm³/mol. The summed E-state index contributed by atoms with van der Waals surface area (Å²) in [5, 5.41) is 3.79. The van der Waals surface area contributed by atoms with Crippen molar-refractivity contribution in [2.45, 2.75) is 53.0 Å². The molecule has 0 saturated heterocycles. The smallest absolute Gasteiger partial charge is 0.0181 e. The van der Waals surface area contributed by atoms with Crippen molar-refractivity contribution in [3.8, 4) is 0 Å². The lowest BCUT2D eigenvalue weighted by molar-refractivity contribution is 0.362. The maximum absolute atomic E-state index is 5.83. The summed E-state index contributed by atoms with van der Waals surface area (Å²) in [5.41, 5.74) is 6.75. The molecule has 0 radical (unpaired) electrons. The Labute approximate surface area is 100 Å². The highest BCUT2D eigenvalue weighted by atomic mass is 15.0. The molecule has 94 valence electrons. The maximum Gasteiger partial charge on any atom is 0.0181 e. The van der Waals surface area contributed by atoms with Crippen molar-refractivity contribution in [2.75, 3.05) is 13.1 Å². The van der Waals surface area contributed by atoms with E-state index < -0.39 is 0 Å². The van der Waals surface area contributed by atoms with Gasteiger partial charge in [0.2, 0.25) is 0 Å². The fraction of sp³-hybridized carbons (Fsp3) is 1.00. The van der Waals surface area contributed by atoms with E-state index in [-0.39, 0.29) is 0 Å². The van der Waals surface area contributed by atoms with Crippen LogP contribution in [0.15, 0.2) is 0 Å². The predicted octanol–water partition coefficient (Wildman–Crippen LogP) is 2.39. The molecule has 0 spiro atoms. The minimum absolute atomic E-state index is 0.462. The van der Waals surface area contributed by atoms with E-state index >= 15 is 0 Å². The fourth-order valence-electron chi connectivity index (χ4n) is 3.67. The van der Waals surface area contributed by atoms with Gasteiger partial charge < -0.3 is 11.1 Å². The quantitative estimate of drug-likeness (QED) is 0.769. The minimum Gasteiger partial charge on any atom is -0.330 e. The lowest BCUT2D eigenvalue weighted by Crippen LogP contribution is -2.32. The Morgan fingerprint density at radius 2 is 1.62 bits per heavy atom. The summed E-state index contributed by atoms with van der Waals surface area (Å²) in [6.45, 7) is 11.6. The third-order valence-corrected chi connectivity index (χ3v) is 5.72. The van der Waals surface area contributed by atoms with E-state index in [4.69, 9.17) is 5.73 Å². The molecule has 0 aromatic heterocycles. The number of nitrogens with two attached hydrogens (primary N) is 1. The van der Waals surface area contributed by atoms with Gasteiger partial charge in [0.05, 0.1) is 0 Å². The van der Waals surface area contributed by atoms with Crippen LogP contribution in [0.3, 0.4) is 0 Å². The highest BCUT2D eigenvalue weighted by Crippen LogP contribution is 2.62. The second-order valence-corrected chi connectivity index (χ2v) is 6.97. The molecule has 2 aliphatic carbocycles. The number of hydrogen-bond acceptors (Lipinski definition) is 2. The van der Waals surface area contributed by atoms with Crippen molar-refractivity contribution in [1.29, 1.82) is 0 Å². The molecule has 0 aliphatic heterocycles. The highest BCUT2D eigenvalue weighted by molar-refractivity contribution is 5.17. The van der Waals surface area contributed by atoms with Crippen molar-refractivity contribution in [3.05, 3.63) is 0 Å². The molecular formula is C14H28N2. The molecule has 0 heterocycles. The molecule has 2 nitrogen and oxygen atoms in total. The second kappa shape index (κ2) is 3.99.